The summed E-state index contributed by atoms with van der Waals surface area (Å²) >= 11 is 1.24. The van der Waals surface area contributed by atoms with E-state index in [1.54, 1.807) is 0 Å². The van der Waals surface area contributed by atoms with E-state index < -0.39 is 23.8 Å². The Morgan fingerprint density at radius 3 is 2.73 bits per heavy atom. The number of nitrogens with zero attached hydrogens (tertiary/aromatic N) is 2. The van der Waals surface area contributed by atoms with Gasteiger partial charge in [0.1, 0.15) is 6.10 Å². The molecule has 2 N–H and O–H groups in total. The van der Waals surface area contributed by atoms with Gasteiger partial charge in [0.25, 0.3) is 5.91 Å². The van der Waals surface area contributed by atoms with E-state index in [2.05, 4.69) is 15.2 Å². The highest BCUT2D eigenvalue weighted by atomic mass is 32.1. The molecule has 1 amide bonds. The van der Waals surface area contributed by atoms with Gasteiger partial charge in [0.15, 0.2) is 5.13 Å². The van der Waals surface area contributed by atoms with E-state index in [-0.39, 0.29) is 24.2 Å². The SMILES string of the molecule is C[C@@H]1CN(Cc2csc(NC(=O)[C@@H](O)Cc3cccc(C(F)(F)F)c3)n2)C[C@@H](C)O1. The van der Waals surface area contributed by atoms with Crippen LogP contribution in [0.4, 0.5) is 18.3 Å². The lowest BCUT2D eigenvalue weighted by molar-refractivity contribution is -0.137. The number of hydrogen-bond donors (Lipinski definition) is 2. The van der Waals surface area contributed by atoms with Crippen LogP contribution in [0.1, 0.15) is 30.7 Å². The summed E-state index contributed by atoms with van der Waals surface area (Å²) in [7, 11) is 0. The van der Waals surface area contributed by atoms with Gasteiger partial charge in [-0.15, -0.1) is 11.3 Å². The molecule has 1 aliphatic rings. The lowest BCUT2D eigenvalue weighted by Gasteiger charge is -2.34. The molecular formula is C20H24F3N3O3S. The van der Waals surface area contributed by atoms with Crippen LogP contribution in [-0.4, -0.2) is 52.3 Å². The first-order valence-electron chi connectivity index (χ1n) is 9.57. The van der Waals surface area contributed by atoms with Crippen LogP contribution in [0.25, 0.3) is 0 Å². The third kappa shape index (κ3) is 6.24. The standard InChI is InChI=1S/C20H24F3N3O3S/c1-12-8-26(9-13(2)29-12)10-16-11-30-19(24-16)25-18(28)17(27)7-14-4-3-5-15(6-14)20(21,22)23/h3-6,11-13,17,27H,7-10H2,1-2H3,(H,24,25,28)/t12-,13-,17+/m1/s1. The molecule has 1 fully saturated rings. The first-order valence-corrected chi connectivity index (χ1v) is 10.5. The number of thiazole rings is 1. The van der Waals surface area contributed by atoms with Crippen LogP contribution >= 0.6 is 11.3 Å². The van der Waals surface area contributed by atoms with Crippen LogP contribution in [0.2, 0.25) is 0 Å². The summed E-state index contributed by atoms with van der Waals surface area (Å²) in [4.78, 5) is 18.8. The van der Waals surface area contributed by atoms with Gasteiger partial charge in [-0.25, -0.2) is 4.98 Å². The third-order valence-corrected chi connectivity index (χ3v) is 5.46. The molecule has 0 saturated carbocycles. The van der Waals surface area contributed by atoms with E-state index in [9.17, 15) is 23.1 Å². The molecule has 30 heavy (non-hydrogen) atoms. The number of amides is 1. The summed E-state index contributed by atoms with van der Waals surface area (Å²) in [5.74, 6) is -0.707. The summed E-state index contributed by atoms with van der Waals surface area (Å²) in [5.41, 5.74) is 0.204. The van der Waals surface area contributed by atoms with E-state index in [1.807, 2.05) is 19.2 Å². The van der Waals surface area contributed by atoms with Crippen molar-refractivity contribution in [2.75, 3.05) is 18.4 Å². The van der Waals surface area contributed by atoms with Gasteiger partial charge in [-0.1, -0.05) is 18.2 Å². The molecule has 0 radical (unpaired) electrons. The first-order chi connectivity index (χ1) is 14.1. The molecule has 0 spiro atoms. The molecule has 10 heteroatoms. The van der Waals surface area contributed by atoms with Crippen molar-refractivity contribution in [3.63, 3.8) is 0 Å². The zero-order valence-electron chi connectivity index (χ0n) is 16.6. The van der Waals surface area contributed by atoms with E-state index >= 15 is 0 Å². The predicted molar refractivity (Wildman–Crippen MR) is 107 cm³/mol. The first kappa shape index (κ1) is 22.7. The van der Waals surface area contributed by atoms with Gasteiger partial charge >= 0.3 is 6.18 Å². The Kier molecular flexibility index (Phi) is 7.12. The minimum Gasteiger partial charge on any atom is -0.383 e. The average Bonchev–Trinajstić information content (AvgIpc) is 3.07. The Balaban J connectivity index is 1.55. The number of aromatic nitrogens is 1. The van der Waals surface area contributed by atoms with Gasteiger partial charge < -0.3 is 9.84 Å². The monoisotopic (exact) mass is 443 g/mol. The molecular weight excluding hydrogens is 419 g/mol. The second kappa shape index (κ2) is 9.42. The number of carbonyl (C=O) groups is 1. The van der Waals surface area contributed by atoms with Crippen molar-refractivity contribution < 1.29 is 27.8 Å². The van der Waals surface area contributed by atoms with Crippen LogP contribution < -0.4 is 5.32 Å². The normalized spacial score (nSPS) is 21.4. The average molecular weight is 443 g/mol. The van der Waals surface area contributed by atoms with E-state index in [0.717, 1.165) is 30.9 Å². The third-order valence-electron chi connectivity index (χ3n) is 4.65. The number of nitrogens with one attached hydrogen (secondary N) is 1. The number of rotatable bonds is 6. The number of halogens is 3. The fourth-order valence-electron chi connectivity index (χ4n) is 3.46. The Hall–Kier alpha value is -2.01. The highest BCUT2D eigenvalue weighted by molar-refractivity contribution is 7.13. The second-order valence-corrected chi connectivity index (χ2v) is 8.36. The summed E-state index contributed by atoms with van der Waals surface area (Å²) in [6, 6.07) is 4.58. The van der Waals surface area contributed by atoms with Crippen molar-refractivity contribution >= 4 is 22.4 Å². The topological polar surface area (TPSA) is 74.7 Å². The molecule has 2 heterocycles. The molecule has 1 aromatic heterocycles. The molecule has 0 aliphatic carbocycles. The van der Waals surface area contributed by atoms with Gasteiger partial charge in [0, 0.05) is 31.4 Å². The molecule has 1 saturated heterocycles. The van der Waals surface area contributed by atoms with Crippen molar-refractivity contribution in [3.8, 4) is 0 Å². The second-order valence-electron chi connectivity index (χ2n) is 7.50. The van der Waals surface area contributed by atoms with Crippen molar-refractivity contribution in [1.82, 2.24) is 9.88 Å². The molecule has 3 rings (SSSR count). The summed E-state index contributed by atoms with van der Waals surface area (Å²) in [5, 5.41) is 14.8. The number of benzene rings is 1. The summed E-state index contributed by atoms with van der Waals surface area (Å²) in [6.45, 7) is 6.23. The molecule has 164 valence electrons. The van der Waals surface area contributed by atoms with Crippen LogP contribution in [0.15, 0.2) is 29.6 Å². The highest BCUT2D eigenvalue weighted by Crippen LogP contribution is 2.29. The maximum absolute atomic E-state index is 12.8. The number of morpholine rings is 1. The van der Waals surface area contributed by atoms with Crippen molar-refractivity contribution in [1.29, 1.82) is 0 Å². The molecule has 1 aliphatic heterocycles. The van der Waals surface area contributed by atoms with Crippen molar-refractivity contribution in [2.24, 2.45) is 0 Å². The number of ether oxygens (including phenoxy) is 1. The number of carbonyl (C=O) groups excluding carboxylic acids is 1. The van der Waals surface area contributed by atoms with E-state index in [4.69, 9.17) is 4.74 Å². The summed E-state index contributed by atoms with van der Waals surface area (Å²) < 4.78 is 44.1. The number of hydrogen-bond acceptors (Lipinski definition) is 6. The lowest BCUT2D eigenvalue weighted by atomic mass is 10.0. The number of alkyl halides is 3. The van der Waals surface area contributed by atoms with Crippen molar-refractivity contribution in [2.45, 2.75) is 51.3 Å². The van der Waals surface area contributed by atoms with Crippen molar-refractivity contribution in [3.05, 3.63) is 46.5 Å². The zero-order chi connectivity index (χ0) is 21.9. The Bertz CT molecular complexity index is 864. The maximum Gasteiger partial charge on any atom is 0.416 e. The van der Waals surface area contributed by atoms with E-state index in [1.165, 1.54) is 23.5 Å². The number of aliphatic hydroxyl groups excluding tert-OH is 1. The maximum atomic E-state index is 12.8. The lowest BCUT2D eigenvalue weighted by Crippen LogP contribution is -2.44. The predicted octanol–water partition coefficient (Wildman–Crippen LogP) is 3.31. The molecule has 2 aromatic rings. The van der Waals surface area contributed by atoms with Crippen LogP contribution in [0.3, 0.4) is 0 Å². The fourth-order valence-corrected chi connectivity index (χ4v) is 4.16. The molecule has 0 unspecified atom stereocenters. The minimum atomic E-state index is -4.48. The van der Waals surface area contributed by atoms with Gasteiger partial charge in [0.2, 0.25) is 0 Å². The molecule has 0 bridgehead atoms. The Morgan fingerprint density at radius 1 is 1.37 bits per heavy atom. The molecule has 1 aromatic carbocycles. The zero-order valence-corrected chi connectivity index (χ0v) is 17.5. The fraction of sp³-hybridized carbons (Fsp3) is 0.500. The van der Waals surface area contributed by atoms with Gasteiger partial charge in [-0.05, 0) is 25.5 Å². The van der Waals surface area contributed by atoms with Gasteiger partial charge in [0.05, 0.1) is 23.5 Å². The quantitative estimate of drug-likeness (QED) is 0.717. The van der Waals surface area contributed by atoms with E-state index in [0.29, 0.717) is 11.7 Å². The van der Waals surface area contributed by atoms with Crippen LogP contribution in [-0.2, 0) is 28.7 Å². The molecule has 3 atom stereocenters. The number of aliphatic hydroxyl groups is 1. The summed E-state index contributed by atoms with van der Waals surface area (Å²) in [6.07, 6.45) is -5.91. The van der Waals surface area contributed by atoms with Gasteiger partial charge in [-0.3, -0.25) is 15.0 Å². The Morgan fingerprint density at radius 2 is 2.07 bits per heavy atom. The number of anilines is 1. The smallest absolute Gasteiger partial charge is 0.383 e. The van der Waals surface area contributed by atoms with Gasteiger partial charge in [-0.2, -0.15) is 13.2 Å². The van der Waals surface area contributed by atoms with Crippen LogP contribution in [0, 0.1) is 0 Å². The van der Waals surface area contributed by atoms with Crippen LogP contribution in [0.5, 0.6) is 0 Å². The Labute approximate surface area is 176 Å². The minimum absolute atomic E-state index is 0.137. The molecule has 6 nitrogen and oxygen atoms in total. The highest BCUT2D eigenvalue weighted by Gasteiger charge is 2.30. The largest absolute Gasteiger partial charge is 0.416 e.